The van der Waals surface area contributed by atoms with Crippen LogP contribution < -0.4 is 0 Å². The first-order valence-electron chi connectivity index (χ1n) is 21.6. The van der Waals surface area contributed by atoms with E-state index in [1.54, 1.807) is 0 Å². The molecule has 0 amide bonds. The summed E-state index contributed by atoms with van der Waals surface area (Å²) in [5.41, 5.74) is 0. The van der Waals surface area contributed by atoms with Crippen LogP contribution in [0.1, 0.15) is 0 Å². The Balaban J connectivity index is 1.26. The first kappa shape index (κ1) is 33.5. The summed E-state index contributed by atoms with van der Waals surface area (Å²) in [4.78, 5) is 0. The van der Waals surface area contributed by atoms with Crippen LogP contribution in [-0.2, 0) is 0 Å². The lowest BCUT2D eigenvalue weighted by molar-refractivity contribution is 1.80. The highest BCUT2D eigenvalue weighted by Gasteiger charge is 2.26. The predicted molar refractivity (Wildman–Crippen MR) is 283 cm³/mol. The zero-order chi connectivity index (χ0) is 40.7. The topological polar surface area (TPSA) is 0 Å². The largest absolute Gasteiger partial charge is 0.143 e. The van der Waals surface area contributed by atoms with Crippen molar-refractivity contribution in [3.63, 3.8) is 0 Å². The molecule has 63 heavy (non-hydrogen) atoms. The fourth-order valence-electron chi connectivity index (χ4n) is 11.9. The quantitative estimate of drug-likeness (QED) is 0.105. The minimum atomic E-state index is 1.28. The van der Waals surface area contributed by atoms with Crippen LogP contribution in [-0.4, -0.2) is 0 Å². The van der Waals surface area contributed by atoms with Gasteiger partial charge in [-0.15, -0.1) is 34.0 Å². The maximum Gasteiger partial charge on any atom is 0.0434 e. The minimum absolute atomic E-state index is 1.28. The summed E-state index contributed by atoms with van der Waals surface area (Å²) in [5.74, 6) is 0. The molecule has 0 saturated carbocycles. The van der Waals surface area contributed by atoms with Crippen LogP contribution in [0.15, 0.2) is 180 Å². The molecule has 288 valence electrons. The Hall–Kier alpha value is -7.14. The van der Waals surface area contributed by atoms with E-state index >= 15 is 0 Å². The van der Waals surface area contributed by atoms with Crippen molar-refractivity contribution in [3.05, 3.63) is 180 Å². The maximum atomic E-state index is 2.46. The Kier molecular flexibility index (Phi) is 6.30. The predicted octanol–water partition coefficient (Wildman–Crippen LogP) is 19.2. The minimum Gasteiger partial charge on any atom is -0.143 e. The molecule has 0 N–H and O–H groups in total. The molecule has 0 fully saturated rings. The number of thiophene rings is 3. The van der Waals surface area contributed by atoms with Gasteiger partial charge < -0.3 is 0 Å². The number of rotatable bonds is 0. The van der Waals surface area contributed by atoms with E-state index in [0.717, 1.165) is 0 Å². The number of hydrogen-bond donors (Lipinski definition) is 0. The summed E-state index contributed by atoms with van der Waals surface area (Å²) in [7, 11) is 0. The van der Waals surface area contributed by atoms with Gasteiger partial charge in [0, 0.05) is 62.6 Å². The highest BCUT2D eigenvalue weighted by Crippen LogP contribution is 2.56. The Morgan fingerprint density at radius 2 is 0.476 bits per heavy atom. The lowest BCUT2D eigenvalue weighted by atomic mass is 9.82. The molecule has 16 aromatic rings. The summed E-state index contributed by atoms with van der Waals surface area (Å²) >= 11 is 5.73. The van der Waals surface area contributed by atoms with Gasteiger partial charge in [-0.2, -0.15) is 0 Å². The third kappa shape index (κ3) is 4.21. The zero-order valence-corrected chi connectivity index (χ0v) is 36.0. The van der Waals surface area contributed by atoms with Crippen molar-refractivity contribution >= 4 is 194 Å². The molecule has 3 heterocycles. The van der Waals surface area contributed by atoms with E-state index in [9.17, 15) is 0 Å². The van der Waals surface area contributed by atoms with E-state index in [-0.39, 0.29) is 0 Å². The Morgan fingerprint density at radius 3 is 0.778 bits per heavy atom. The van der Waals surface area contributed by atoms with Gasteiger partial charge in [0.15, 0.2) is 0 Å². The van der Waals surface area contributed by atoms with E-state index in [4.69, 9.17) is 0 Å². The Morgan fingerprint density at radius 1 is 0.190 bits per heavy atom. The van der Waals surface area contributed by atoms with Crippen LogP contribution in [0.5, 0.6) is 0 Å². The molecule has 0 bridgehead atoms. The molecule has 16 rings (SSSR count). The molecule has 0 aliphatic carbocycles. The van der Waals surface area contributed by atoms with Gasteiger partial charge in [-0.25, -0.2) is 0 Å². The Bertz CT molecular complexity index is 4270. The van der Waals surface area contributed by atoms with E-state index in [2.05, 4.69) is 180 Å². The van der Waals surface area contributed by atoms with E-state index < -0.39 is 0 Å². The highest BCUT2D eigenvalue weighted by molar-refractivity contribution is 7.20. The molecule has 0 aliphatic heterocycles. The van der Waals surface area contributed by atoms with Crippen molar-refractivity contribution in [2.45, 2.75) is 0 Å². The van der Waals surface area contributed by atoms with Crippen molar-refractivity contribution in [2.24, 2.45) is 0 Å². The molecule has 0 nitrogen and oxygen atoms in total. The van der Waals surface area contributed by atoms with Gasteiger partial charge in [-0.05, 0) is 168 Å². The lowest BCUT2D eigenvalue weighted by Gasteiger charge is -2.21. The second kappa shape index (κ2) is 11.9. The molecule has 0 spiro atoms. The Labute approximate surface area is 371 Å². The van der Waals surface area contributed by atoms with Crippen molar-refractivity contribution < 1.29 is 0 Å². The van der Waals surface area contributed by atoms with Crippen molar-refractivity contribution in [1.82, 2.24) is 0 Å². The summed E-state index contributed by atoms with van der Waals surface area (Å²) in [6.45, 7) is 0. The molecule has 0 atom stereocenters. The molecular formula is C60H30S3. The molecule has 0 saturated heterocycles. The molecule has 0 unspecified atom stereocenters. The summed E-state index contributed by atoms with van der Waals surface area (Å²) in [6.07, 6.45) is 0. The fraction of sp³-hybridized carbons (Fsp3) is 0. The molecule has 3 heteroatoms. The molecule has 3 aromatic heterocycles. The molecule has 0 aliphatic rings. The van der Waals surface area contributed by atoms with Gasteiger partial charge in [0.25, 0.3) is 0 Å². The molecular weight excluding hydrogens is 817 g/mol. The molecule has 0 radical (unpaired) electrons. The van der Waals surface area contributed by atoms with Crippen molar-refractivity contribution in [1.29, 1.82) is 0 Å². The second-order valence-corrected chi connectivity index (χ2v) is 20.2. The zero-order valence-electron chi connectivity index (χ0n) is 33.5. The van der Waals surface area contributed by atoms with Crippen LogP contribution in [0.2, 0.25) is 0 Å². The summed E-state index contributed by atoms with van der Waals surface area (Å²) in [5, 5.41) is 42.9. The van der Waals surface area contributed by atoms with E-state index in [1.807, 2.05) is 34.0 Å². The monoisotopic (exact) mass is 846 g/mol. The third-order valence-electron chi connectivity index (χ3n) is 14.5. The number of hydrogen-bond acceptors (Lipinski definition) is 3. The first-order chi connectivity index (χ1) is 31.2. The maximum absolute atomic E-state index is 2.46. The standard InChI is InChI=1S/C60H30S3/c1-4-10-34-28-46-37(25-31(34)7-1)13-16-40-49(46)43-19-22-61-58(43)55-52(40)56-54(42-18-15-39-27-33-9-3-6-12-36(33)30-48(39)51(42)44-20-23-62-59(44)56)57-53(55)41-17-14-38-26-32-8-2-5-11-35(32)29-47(38)50(41)45-21-24-63-60(45)57/h1-30H. The van der Waals surface area contributed by atoms with Crippen LogP contribution in [0, 0.1) is 0 Å². The van der Waals surface area contributed by atoms with Gasteiger partial charge in [-0.1, -0.05) is 109 Å². The van der Waals surface area contributed by atoms with Crippen molar-refractivity contribution in [2.75, 3.05) is 0 Å². The fourth-order valence-corrected chi connectivity index (χ4v) is 14.8. The third-order valence-corrected chi connectivity index (χ3v) is 17.2. The van der Waals surface area contributed by atoms with Gasteiger partial charge in [0.05, 0.1) is 0 Å². The SMILES string of the molecule is c1ccc2cc3c(ccc4c3c3ccsc3c3c4c4c5sccc5c5c6cc7ccccc7cc6ccc5c4c4c5sccc5c5c6cc7ccccc7cc6ccc5c34)cc2c1. The van der Waals surface area contributed by atoms with Crippen LogP contribution in [0.4, 0.5) is 0 Å². The van der Waals surface area contributed by atoms with Crippen LogP contribution in [0.25, 0.3) is 160 Å². The van der Waals surface area contributed by atoms with Gasteiger partial charge >= 0.3 is 0 Å². The first-order valence-corrected chi connectivity index (χ1v) is 24.3. The number of benzene rings is 13. The lowest BCUT2D eigenvalue weighted by Crippen LogP contribution is -1.92. The van der Waals surface area contributed by atoms with Gasteiger partial charge in [-0.3, -0.25) is 0 Å². The van der Waals surface area contributed by atoms with Gasteiger partial charge in [0.2, 0.25) is 0 Å². The summed E-state index contributed by atoms with van der Waals surface area (Å²) < 4.78 is 4.11. The van der Waals surface area contributed by atoms with E-state index in [1.165, 1.54) is 160 Å². The van der Waals surface area contributed by atoms with Crippen LogP contribution in [0.3, 0.4) is 0 Å². The normalized spacial score (nSPS) is 12.8. The van der Waals surface area contributed by atoms with Crippen molar-refractivity contribution in [3.8, 4) is 0 Å². The smallest absolute Gasteiger partial charge is 0.0434 e. The average Bonchev–Trinajstić information content (AvgIpc) is 4.14. The second-order valence-electron chi connectivity index (χ2n) is 17.5. The van der Waals surface area contributed by atoms with E-state index in [0.29, 0.717) is 0 Å². The van der Waals surface area contributed by atoms with Crippen LogP contribution >= 0.6 is 34.0 Å². The summed E-state index contributed by atoms with van der Waals surface area (Å²) in [6, 6.07) is 62.8. The highest BCUT2D eigenvalue weighted by atomic mass is 32.1. The molecule has 13 aromatic carbocycles. The average molecular weight is 847 g/mol. The number of fused-ring (bicyclic) bond motifs is 30. The van der Waals surface area contributed by atoms with Gasteiger partial charge in [0.1, 0.15) is 0 Å².